The Balaban J connectivity index is 0. The van der Waals surface area contributed by atoms with Gasteiger partial charge < -0.3 is 0 Å². The zero-order valence-corrected chi connectivity index (χ0v) is 6.41. The normalized spacial score (nSPS) is 8.27. The molecule has 0 fully saturated rings. The average molecular weight is 148 g/mol. The lowest BCUT2D eigenvalue weighted by Crippen LogP contribution is -1.88. The number of aromatic nitrogens is 1. The highest BCUT2D eigenvalue weighted by molar-refractivity contribution is 5.75. The van der Waals surface area contributed by atoms with Crippen LogP contribution in [0.1, 0.15) is 32.9 Å². The van der Waals surface area contributed by atoms with Crippen LogP contribution in [0.3, 0.4) is 0 Å². The predicted octanol–water partition coefficient (Wildman–Crippen LogP) is 2.46. The van der Waals surface area contributed by atoms with Crippen molar-refractivity contribution in [2.45, 2.75) is 27.2 Å². The second kappa shape index (κ2) is 5.96. The summed E-state index contributed by atoms with van der Waals surface area (Å²) >= 11 is 0. The number of nitrogens with zero attached hydrogens (tertiary/aromatic N) is 1. The Morgan fingerprint density at radius 3 is 2.18 bits per heavy atom. The van der Waals surface area contributed by atoms with Gasteiger partial charge in [0.25, 0.3) is 0 Å². The Morgan fingerprint density at radius 1 is 1.27 bits per heavy atom. The van der Waals surface area contributed by atoms with E-state index in [0.29, 0.717) is 5.92 Å². The van der Waals surface area contributed by atoms with Gasteiger partial charge in [-0.15, -0.1) is 0 Å². The predicted molar refractivity (Wildman–Crippen MR) is 50.8 cm³/mol. The van der Waals surface area contributed by atoms with E-state index in [1.54, 1.807) is 0 Å². The summed E-state index contributed by atoms with van der Waals surface area (Å²) in [6.45, 7) is 4.28. The molecule has 0 unspecified atom stereocenters. The van der Waals surface area contributed by atoms with Crippen LogP contribution in [0.5, 0.6) is 0 Å². The molecule has 1 nitrogen and oxygen atoms in total. The van der Waals surface area contributed by atoms with E-state index in [0.717, 1.165) is 5.69 Å². The van der Waals surface area contributed by atoms with Gasteiger partial charge in [0.05, 0.1) is 0 Å². The second-order valence-corrected chi connectivity index (χ2v) is 2.41. The largest absolute Gasteiger partial charge is 0.261 e. The lowest BCUT2D eigenvalue weighted by molar-refractivity contribution is 0.823. The van der Waals surface area contributed by atoms with Gasteiger partial charge in [-0.05, 0) is 18.1 Å². The van der Waals surface area contributed by atoms with Gasteiger partial charge in [-0.1, -0.05) is 27.3 Å². The summed E-state index contributed by atoms with van der Waals surface area (Å²) in [5.74, 6) is 0.547. The third-order valence-corrected chi connectivity index (χ3v) is 1.28. The molecule has 1 rings (SSSR count). The first-order valence-corrected chi connectivity index (χ1v) is 3.21. The molecule has 0 spiro atoms. The van der Waals surface area contributed by atoms with E-state index in [2.05, 4.69) is 18.8 Å². The van der Waals surface area contributed by atoms with Crippen LogP contribution in [0, 0.1) is 0 Å². The van der Waals surface area contributed by atoms with Crippen molar-refractivity contribution < 1.29 is 0 Å². The van der Waals surface area contributed by atoms with Gasteiger partial charge in [0, 0.05) is 20.3 Å². The van der Waals surface area contributed by atoms with Crippen LogP contribution in [0.15, 0.2) is 24.4 Å². The standard InChI is InChI=1S/C8H11N.CH4.B/c1-7(2)8-5-3-4-6-9-8;;/h3-7H,1-2H3;1H4;. The number of pyridine rings is 1. The molecule has 2 heteroatoms. The van der Waals surface area contributed by atoms with Gasteiger partial charge in [0.1, 0.15) is 0 Å². The fourth-order valence-electron chi connectivity index (χ4n) is 0.717. The van der Waals surface area contributed by atoms with E-state index in [1.165, 1.54) is 0 Å². The van der Waals surface area contributed by atoms with Crippen LogP contribution in [-0.4, -0.2) is 13.4 Å². The Labute approximate surface area is 71.4 Å². The second-order valence-electron chi connectivity index (χ2n) is 2.41. The summed E-state index contributed by atoms with van der Waals surface area (Å²) < 4.78 is 0. The quantitative estimate of drug-likeness (QED) is 0.557. The van der Waals surface area contributed by atoms with Crippen LogP contribution in [0.2, 0.25) is 0 Å². The van der Waals surface area contributed by atoms with Gasteiger partial charge in [0.15, 0.2) is 0 Å². The first-order chi connectivity index (χ1) is 4.30. The van der Waals surface area contributed by atoms with Crippen molar-refractivity contribution in [3.63, 3.8) is 0 Å². The summed E-state index contributed by atoms with van der Waals surface area (Å²) in [5.41, 5.74) is 1.16. The minimum atomic E-state index is 0. The molecule has 1 heterocycles. The summed E-state index contributed by atoms with van der Waals surface area (Å²) in [6.07, 6.45) is 1.83. The molecule has 0 amide bonds. The lowest BCUT2D eigenvalue weighted by Gasteiger charge is -2.00. The Bertz CT molecular complexity index is 172. The number of hydrogen-bond donors (Lipinski definition) is 0. The Hall–Kier alpha value is -0.785. The van der Waals surface area contributed by atoms with Crippen molar-refractivity contribution in [1.82, 2.24) is 4.98 Å². The molecule has 0 aliphatic heterocycles. The molecule has 0 aliphatic rings. The van der Waals surface area contributed by atoms with Gasteiger partial charge in [-0.2, -0.15) is 0 Å². The molecule has 0 saturated carbocycles. The highest BCUT2D eigenvalue weighted by Crippen LogP contribution is 2.08. The fraction of sp³-hybridized carbons (Fsp3) is 0.444. The molecule has 0 aromatic carbocycles. The highest BCUT2D eigenvalue weighted by atomic mass is 14.7. The number of rotatable bonds is 1. The molecule has 59 valence electrons. The monoisotopic (exact) mass is 148 g/mol. The summed E-state index contributed by atoms with van der Waals surface area (Å²) in [6, 6.07) is 6.00. The molecular formula is C9H15BN. The smallest absolute Gasteiger partial charge is 0.0428 e. The van der Waals surface area contributed by atoms with Gasteiger partial charge in [-0.25, -0.2) is 0 Å². The maximum absolute atomic E-state index is 4.18. The summed E-state index contributed by atoms with van der Waals surface area (Å²) in [5, 5.41) is 0. The van der Waals surface area contributed by atoms with Gasteiger partial charge >= 0.3 is 0 Å². The highest BCUT2D eigenvalue weighted by Gasteiger charge is 1.95. The van der Waals surface area contributed by atoms with Crippen LogP contribution < -0.4 is 0 Å². The van der Waals surface area contributed by atoms with Crippen LogP contribution >= 0.6 is 0 Å². The van der Waals surface area contributed by atoms with Crippen LogP contribution in [-0.2, 0) is 0 Å². The molecule has 1 aromatic heterocycles. The Morgan fingerprint density at radius 2 is 1.91 bits per heavy atom. The molecule has 0 saturated heterocycles. The Kier molecular flexibility index (Phi) is 6.96. The molecular weight excluding hydrogens is 133 g/mol. The zero-order chi connectivity index (χ0) is 6.69. The van der Waals surface area contributed by atoms with E-state index in [9.17, 15) is 0 Å². The van der Waals surface area contributed by atoms with Crippen molar-refractivity contribution >= 4 is 8.41 Å². The van der Waals surface area contributed by atoms with E-state index in [4.69, 9.17) is 0 Å². The number of hydrogen-bond acceptors (Lipinski definition) is 1. The average Bonchev–Trinajstić information content (AvgIpc) is 1.90. The minimum absolute atomic E-state index is 0. The molecule has 0 aliphatic carbocycles. The third kappa shape index (κ3) is 3.81. The van der Waals surface area contributed by atoms with Crippen molar-refractivity contribution in [1.29, 1.82) is 0 Å². The molecule has 0 bridgehead atoms. The van der Waals surface area contributed by atoms with Crippen molar-refractivity contribution in [2.24, 2.45) is 0 Å². The van der Waals surface area contributed by atoms with Crippen molar-refractivity contribution in [3.8, 4) is 0 Å². The van der Waals surface area contributed by atoms with Crippen molar-refractivity contribution in [2.75, 3.05) is 0 Å². The van der Waals surface area contributed by atoms with E-state index >= 15 is 0 Å². The maximum atomic E-state index is 4.18. The van der Waals surface area contributed by atoms with E-state index in [-0.39, 0.29) is 15.8 Å². The lowest BCUT2D eigenvalue weighted by atomic mass is 10.1. The summed E-state index contributed by atoms with van der Waals surface area (Å²) in [7, 11) is 0. The molecule has 3 radical (unpaired) electrons. The minimum Gasteiger partial charge on any atom is -0.261 e. The van der Waals surface area contributed by atoms with E-state index in [1.807, 2.05) is 24.4 Å². The molecule has 0 N–H and O–H groups in total. The van der Waals surface area contributed by atoms with Gasteiger partial charge in [-0.3, -0.25) is 4.98 Å². The van der Waals surface area contributed by atoms with E-state index < -0.39 is 0 Å². The maximum Gasteiger partial charge on any atom is 0.0428 e. The molecule has 1 aromatic rings. The van der Waals surface area contributed by atoms with Crippen molar-refractivity contribution in [3.05, 3.63) is 30.1 Å². The SMILES string of the molecule is C.CC(C)c1ccccn1.[B]. The zero-order valence-electron chi connectivity index (χ0n) is 6.41. The fourth-order valence-corrected chi connectivity index (χ4v) is 0.717. The van der Waals surface area contributed by atoms with Gasteiger partial charge in [0.2, 0.25) is 0 Å². The molecule has 0 atom stereocenters. The summed E-state index contributed by atoms with van der Waals surface area (Å²) in [4.78, 5) is 4.18. The van der Waals surface area contributed by atoms with Crippen LogP contribution in [0.4, 0.5) is 0 Å². The topological polar surface area (TPSA) is 12.9 Å². The first-order valence-electron chi connectivity index (χ1n) is 3.21. The molecule has 11 heavy (non-hydrogen) atoms. The third-order valence-electron chi connectivity index (χ3n) is 1.28. The van der Waals surface area contributed by atoms with Crippen LogP contribution in [0.25, 0.3) is 0 Å². The first kappa shape index (κ1) is 12.9.